The topological polar surface area (TPSA) is 12.0 Å². The van der Waals surface area contributed by atoms with Gasteiger partial charge in [-0.1, -0.05) is 26.8 Å². The molecular weight excluding hydrogens is 221 g/mol. The van der Waals surface area contributed by atoms with Crippen LogP contribution in [0.25, 0.3) is 0 Å². The Morgan fingerprint density at radius 1 is 1.38 bits per heavy atom. The second-order valence-corrected chi connectivity index (χ2v) is 5.27. The van der Waals surface area contributed by atoms with E-state index in [-0.39, 0.29) is 5.82 Å². The highest BCUT2D eigenvalue weighted by Crippen LogP contribution is 2.21. The van der Waals surface area contributed by atoms with Crippen LogP contribution < -0.4 is 5.32 Å². The van der Waals surface area contributed by atoms with Gasteiger partial charge in [0.1, 0.15) is 5.82 Å². The second-order valence-electron chi connectivity index (χ2n) is 4.18. The maximum Gasteiger partial charge on any atom is 0.124 e. The Morgan fingerprint density at radius 3 is 2.69 bits per heavy atom. The van der Waals surface area contributed by atoms with Crippen molar-refractivity contribution in [3.63, 3.8) is 0 Å². The zero-order valence-electron chi connectivity index (χ0n) is 10.2. The minimum atomic E-state index is -0.158. The van der Waals surface area contributed by atoms with Gasteiger partial charge in [-0.25, -0.2) is 4.39 Å². The summed E-state index contributed by atoms with van der Waals surface area (Å²) in [5, 5.41) is 3.45. The Balaban J connectivity index is 2.48. The van der Waals surface area contributed by atoms with E-state index in [0.717, 1.165) is 17.2 Å². The third-order valence-electron chi connectivity index (χ3n) is 2.50. The first kappa shape index (κ1) is 13.5. The molecule has 1 atom stereocenters. The molecule has 1 rings (SSSR count). The lowest BCUT2D eigenvalue weighted by Crippen LogP contribution is -2.35. The predicted molar refractivity (Wildman–Crippen MR) is 69.4 cm³/mol. The molecule has 1 N–H and O–H groups in total. The standard InChI is InChI=1S/C13H20FNS/c1-4-15-13(10(2)3)9-16-12-7-5-6-11(14)8-12/h5-8,10,13,15H,4,9H2,1-3H3. The van der Waals surface area contributed by atoms with E-state index in [0.29, 0.717) is 12.0 Å². The molecular formula is C13H20FNS. The average molecular weight is 241 g/mol. The molecule has 0 bridgehead atoms. The number of nitrogens with one attached hydrogen (secondary N) is 1. The first-order valence-electron chi connectivity index (χ1n) is 5.75. The van der Waals surface area contributed by atoms with Gasteiger partial charge in [0.2, 0.25) is 0 Å². The van der Waals surface area contributed by atoms with Crippen LogP contribution in [-0.2, 0) is 0 Å². The number of benzene rings is 1. The van der Waals surface area contributed by atoms with Gasteiger partial charge in [0, 0.05) is 16.7 Å². The highest BCUT2D eigenvalue weighted by molar-refractivity contribution is 7.99. The molecule has 1 aromatic rings. The van der Waals surface area contributed by atoms with Crippen molar-refractivity contribution in [2.24, 2.45) is 5.92 Å². The first-order valence-corrected chi connectivity index (χ1v) is 6.73. The molecule has 0 aliphatic carbocycles. The number of thioether (sulfide) groups is 1. The van der Waals surface area contributed by atoms with E-state index in [4.69, 9.17) is 0 Å². The predicted octanol–water partition coefficient (Wildman–Crippen LogP) is 3.55. The quantitative estimate of drug-likeness (QED) is 0.764. The van der Waals surface area contributed by atoms with Crippen LogP contribution >= 0.6 is 11.8 Å². The van der Waals surface area contributed by atoms with Crippen molar-refractivity contribution in [1.82, 2.24) is 5.32 Å². The Hall–Kier alpha value is -0.540. The molecule has 90 valence electrons. The maximum absolute atomic E-state index is 13.0. The van der Waals surface area contributed by atoms with E-state index >= 15 is 0 Å². The molecule has 0 spiro atoms. The Bertz CT molecular complexity index is 315. The minimum absolute atomic E-state index is 0.158. The molecule has 1 unspecified atom stereocenters. The van der Waals surface area contributed by atoms with Gasteiger partial charge in [0.15, 0.2) is 0 Å². The van der Waals surface area contributed by atoms with E-state index in [9.17, 15) is 4.39 Å². The van der Waals surface area contributed by atoms with Crippen molar-refractivity contribution >= 4 is 11.8 Å². The molecule has 0 aliphatic heterocycles. The summed E-state index contributed by atoms with van der Waals surface area (Å²) in [6.45, 7) is 7.51. The van der Waals surface area contributed by atoms with E-state index in [1.807, 2.05) is 6.07 Å². The molecule has 1 aromatic carbocycles. The van der Waals surface area contributed by atoms with Crippen molar-refractivity contribution in [2.75, 3.05) is 12.3 Å². The van der Waals surface area contributed by atoms with Gasteiger partial charge in [-0.2, -0.15) is 0 Å². The molecule has 0 radical (unpaired) electrons. The van der Waals surface area contributed by atoms with E-state index in [1.165, 1.54) is 6.07 Å². The summed E-state index contributed by atoms with van der Waals surface area (Å²) in [5.74, 6) is 1.42. The maximum atomic E-state index is 13.0. The largest absolute Gasteiger partial charge is 0.313 e. The highest BCUT2D eigenvalue weighted by atomic mass is 32.2. The van der Waals surface area contributed by atoms with Crippen LogP contribution in [0.15, 0.2) is 29.2 Å². The SMILES string of the molecule is CCNC(CSc1cccc(F)c1)C(C)C. The molecule has 0 heterocycles. The fourth-order valence-electron chi connectivity index (χ4n) is 1.49. The van der Waals surface area contributed by atoms with Crippen molar-refractivity contribution in [2.45, 2.75) is 31.7 Å². The van der Waals surface area contributed by atoms with Crippen LogP contribution in [0.2, 0.25) is 0 Å². The summed E-state index contributed by atoms with van der Waals surface area (Å²) in [6.07, 6.45) is 0. The molecule has 0 amide bonds. The zero-order valence-corrected chi connectivity index (χ0v) is 11.0. The van der Waals surface area contributed by atoms with Gasteiger partial charge in [-0.3, -0.25) is 0 Å². The Kier molecular flexibility index (Phi) is 5.85. The summed E-state index contributed by atoms with van der Waals surface area (Å²) in [7, 11) is 0. The van der Waals surface area contributed by atoms with Crippen molar-refractivity contribution in [3.8, 4) is 0 Å². The average Bonchev–Trinajstić information content (AvgIpc) is 2.24. The lowest BCUT2D eigenvalue weighted by molar-refractivity contribution is 0.443. The van der Waals surface area contributed by atoms with Crippen LogP contribution in [0, 0.1) is 11.7 Å². The van der Waals surface area contributed by atoms with Gasteiger partial charge in [-0.15, -0.1) is 11.8 Å². The van der Waals surface area contributed by atoms with Crippen molar-refractivity contribution in [3.05, 3.63) is 30.1 Å². The van der Waals surface area contributed by atoms with E-state index in [1.54, 1.807) is 23.9 Å². The van der Waals surface area contributed by atoms with Gasteiger partial charge in [0.05, 0.1) is 0 Å². The van der Waals surface area contributed by atoms with Gasteiger partial charge in [0.25, 0.3) is 0 Å². The third-order valence-corrected chi connectivity index (χ3v) is 3.61. The molecule has 0 aliphatic rings. The zero-order chi connectivity index (χ0) is 12.0. The van der Waals surface area contributed by atoms with E-state index < -0.39 is 0 Å². The Labute approximate surface area is 102 Å². The van der Waals surface area contributed by atoms with E-state index in [2.05, 4.69) is 26.1 Å². The molecule has 1 nitrogen and oxygen atoms in total. The van der Waals surface area contributed by atoms with Crippen molar-refractivity contribution in [1.29, 1.82) is 0 Å². The summed E-state index contributed by atoms with van der Waals surface area (Å²) in [4.78, 5) is 1.00. The minimum Gasteiger partial charge on any atom is -0.313 e. The van der Waals surface area contributed by atoms with Gasteiger partial charge < -0.3 is 5.32 Å². The first-order chi connectivity index (χ1) is 7.63. The molecule has 0 aromatic heterocycles. The number of hydrogen-bond donors (Lipinski definition) is 1. The normalized spacial score (nSPS) is 13.1. The summed E-state index contributed by atoms with van der Waals surface area (Å²) in [5.41, 5.74) is 0. The number of halogens is 1. The molecule has 16 heavy (non-hydrogen) atoms. The second kappa shape index (κ2) is 6.92. The molecule has 0 saturated carbocycles. The summed E-state index contributed by atoms with van der Waals surface area (Å²) >= 11 is 1.71. The summed E-state index contributed by atoms with van der Waals surface area (Å²) < 4.78 is 13.0. The van der Waals surface area contributed by atoms with Crippen LogP contribution in [0.5, 0.6) is 0 Å². The third kappa shape index (κ3) is 4.54. The lowest BCUT2D eigenvalue weighted by Gasteiger charge is -2.21. The fourth-order valence-corrected chi connectivity index (χ4v) is 2.74. The summed E-state index contributed by atoms with van der Waals surface area (Å²) in [6, 6.07) is 7.27. The molecule has 0 saturated heterocycles. The molecule has 0 fully saturated rings. The highest BCUT2D eigenvalue weighted by Gasteiger charge is 2.12. The molecule has 3 heteroatoms. The van der Waals surface area contributed by atoms with Crippen LogP contribution in [0.1, 0.15) is 20.8 Å². The van der Waals surface area contributed by atoms with Crippen LogP contribution in [0.4, 0.5) is 4.39 Å². The fraction of sp³-hybridized carbons (Fsp3) is 0.538. The van der Waals surface area contributed by atoms with Crippen LogP contribution in [0.3, 0.4) is 0 Å². The van der Waals surface area contributed by atoms with Crippen molar-refractivity contribution < 1.29 is 4.39 Å². The number of hydrogen-bond acceptors (Lipinski definition) is 2. The van der Waals surface area contributed by atoms with Gasteiger partial charge in [-0.05, 0) is 30.7 Å². The monoisotopic (exact) mass is 241 g/mol. The van der Waals surface area contributed by atoms with Gasteiger partial charge >= 0.3 is 0 Å². The Morgan fingerprint density at radius 2 is 2.12 bits per heavy atom. The smallest absolute Gasteiger partial charge is 0.124 e. The lowest BCUT2D eigenvalue weighted by atomic mass is 10.1. The number of rotatable bonds is 6. The van der Waals surface area contributed by atoms with Crippen LogP contribution in [-0.4, -0.2) is 18.3 Å².